The predicted molar refractivity (Wildman–Crippen MR) is 77.5 cm³/mol. The summed E-state index contributed by atoms with van der Waals surface area (Å²) in [6, 6.07) is 8.84. The molecule has 0 aromatic heterocycles. The maximum absolute atomic E-state index is 6.39. The molecule has 0 bridgehead atoms. The Hall–Kier alpha value is -0.860. The zero-order chi connectivity index (χ0) is 13.0. The Bertz CT molecular complexity index is 384. The van der Waals surface area contributed by atoms with Gasteiger partial charge in [0.05, 0.1) is 0 Å². The molecular formula is C16H26N2. The minimum absolute atomic E-state index is 0.0476. The summed E-state index contributed by atoms with van der Waals surface area (Å²) in [5.41, 5.74) is 9.35. The van der Waals surface area contributed by atoms with Crippen molar-refractivity contribution in [2.75, 3.05) is 13.1 Å². The fourth-order valence-electron chi connectivity index (χ4n) is 3.06. The van der Waals surface area contributed by atoms with Crippen molar-refractivity contribution in [2.45, 2.75) is 51.6 Å². The molecule has 2 nitrogen and oxygen atoms in total. The molecule has 0 saturated carbocycles. The van der Waals surface area contributed by atoms with Gasteiger partial charge in [0.2, 0.25) is 0 Å². The second-order valence-electron chi connectivity index (χ2n) is 5.99. The van der Waals surface area contributed by atoms with Crippen LogP contribution in [-0.4, -0.2) is 23.5 Å². The third-order valence-corrected chi connectivity index (χ3v) is 3.84. The molecule has 1 aromatic carbocycles. The van der Waals surface area contributed by atoms with E-state index in [0.29, 0.717) is 0 Å². The first-order chi connectivity index (χ1) is 8.61. The Morgan fingerprint density at radius 1 is 1.28 bits per heavy atom. The molecule has 18 heavy (non-hydrogen) atoms. The minimum atomic E-state index is -0.0476. The van der Waals surface area contributed by atoms with Gasteiger partial charge in [0.15, 0.2) is 0 Å². The fourth-order valence-corrected chi connectivity index (χ4v) is 3.06. The van der Waals surface area contributed by atoms with E-state index in [1.54, 1.807) is 0 Å². The minimum Gasteiger partial charge on any atom is -0.324 e. The van der Waals surface area contributed by atoms with Crippen LogP contribution in [0.15, 0.2) is 24.3 Å². The van der Waals surface area contributed by atoms with Gasteiger partial charge in [0.25, 0.3) is 0 Å². The molecule has 0 radical (unpaired) electrons. The molecule has 2 N–H and O–H groups in total. The highest BCUT2D eigenvalue weighted by Crippen LogP contribution is 2.20. The number of benzene rings is 1. The third kappa shape index (κ3) is 3.56. The highest BCUT2D eigenvalue weighted by atomic mass is 15.1. The molecule has 2 rings (SSSR count). The normalized spacial score (nSPS) is 19.9. The summed E-state index contributed by atoms with van der Waals surface area (Å²) in [4.78, 5) is 2.53. The van der Waals surface area contributed by atoms with Crippen molar-refractivity contribution in [1.82, 2.24) is 4.90 Å². The lowest BCUT2D eigenvalue weighted by Gasteiger charge is -2.32. The van der Waals surface area contributed by atoms with Crippen LogP contribution < -0.4 is 5.73 Å². The van der Waals surface area contributed by atoms with Crippen molar-refractivity contribution < 1.29 is 0 Å². The summed E-state index contributed by atoms with van der Waals surface area (Å²) in [5.74, 6) is 0. The Morgan fingerprint density at radius 3 is 2.72 bits per heavy atom. The number of nitrogens with two attached hydrogens (primary N) is 1. The topological polar surface area (TPSA) is 29.3 Å². The SMILES string of the molecule is CCCC(C)(N)CN1CCCc2ccccc2C1. The van der Waals surface area contributed by atoms with Crippen molar-refractivity contribution >= 4 is 0 Å². The van der Waals surface area contributed by atoms with Gasteiger partial charge < -0.3 is 5.73 Å². The van der Waals surface area contributed by atoms with Crippen molar-refractivity contribution in [3.05, 3.63) is 35.4 Å². The molecule has 0 aliphatic carbocycles. The van der Waals surface area contributed by atoms with E-state index in [1.807, 2.05) is 0 Å². The second-order valence-corrected chi connectivity index (χ2v) is 5.99. The second kappa shape index (κ2) is 5.85. The van der Waals surface area contributed by atoms with Crippen LogP contribution in [0.4, 0.5) is 0 Å². The van der Waals surface area contributed by atoms with Crippen LogP contribution in [0, 0.1) is 0 Å². The number of hydrogen-bond donors (Lipinski definition) is 1. The van der Waals surface area contributed by atoms with Crippen LogP contribution in [0.25, 0.3) is 0 Å². The van der Waals surface area contributed by atoms with Crippen LogP contribution >= 0.6 is 0 Å². The highest BCUT2D eigenvalue weighted by Gasteiger charge is 2.23. The summed E-state index contributed by atoms with van der Waals surface area (Å²) in [5, 5.41) is 0. The number of hydrogen-bond acceptors (Lipinski definition) is 2. The van der Waals surface area contributed by atoms with Gasteiger partial charge >= 0.3 is 0 Å². The van der Waals surface area contributed by atoms with Gasteiger partial charge in [-0.2, -0.15) is 0 Å². The van der Waals surface area contributed by atoms with Crippen molar-refractivity contribution in [3.8, 4) is 0 Å². The Labute approximate surface area is 111 Å². The van der Waals surface area contributed by atoms with E-state index in [1.165, 1.54) is 30.5 Å². The summed E-state index contributed by atoms with van der Waals surface area (Å²) in [6.07, 6.45) is 4.73. The molecule has 0 amide bonds. The number of fused-ring (bicyclic) bond motifs is 1. The molecule has 1 atom stereocenters. The lowest BCUT2D eigenvalue weighted by Crippen LogP contribution is -2.47. The van der Waals surface area contributed by atoms with E-state index in [4.69, 9.17) is 5.73 Å². The van der Waals surface area contributed by atoms with Gasteiger partial charge in [-0.05, 0) is 43.9 Å². The number of nitrogens with zero attached hydrogens (tertiary/aromatic N) is 1. The number of aryl methyl sites for hydroxylation is 1. The zero-order valence-corrected chi connectivity index (χ0v) is 11.8. The molecule has 0 saturated heterocycles. The molecule has 0 fully saturated rings. The quantitative estimate of drug-likeness (QED) is 0.885. The van der Waals surface area contributed by atoms with E-state index >= 15 is 0 Å². The first-order valence-corrected chi connectivity index (χ1v) is 7.19. The third-order valence-electron chi connectivity index (χ3n) is 3.84. The van der Waals surface area contributed by atoms with Gasteiger partial charge in [-0.3, -0.25) is 4.90 Å². The average molecular weight is 246 g/mol. The monoisotopic (exact) mass is 246 g/mol. The van der Waals surface area contributed by atoms with Gasteiger partial charge in [-0.1, -0.05) is 37.6 Å². The van der Waals surface area contributed by atoms with E-state index in [0.717, 1.165) is 25.9 Å². The van der Waals surface area contributed by atoms with Crippen LogP contribution in [0.3, 0.4) is 0 Å². The standard InChI is InChI=1S/C16H26N2/c1-3-10-16(2,17)13-18-11-6-9-14-7-4-5-8-15(14)12-18/h4-5,7-8H,3,6,9-13,17H2,1-2H3. The summed E-state index contributed by atoms with van der Waals surface area (Å²) < 4.78 is 0. The average Bonchev–Trinajstić information content (AvgIpc) is 2.49. The summed E-state index contributed by atoms with van der Waals surface area (Å²) >= 11 is 0. The Balaban J connectivity index is 2.04. The molecule has 1 aromatic rings. The van der Waals surface area contributed by atoms with Crippen LogP contribution in [0.1, 0.15) is 44.2 Å². The molecule has 1 heterocycles. The molecule has 1 aliphatic rings. The Kier molecular flexibility index (Phi) is 4.41. The molecule has 1 aliphatic heterocycles. The molecule has 2 heteroatoms. The van der Waals surface area contributed by atoms with Gasteiger partial charge in [-0.25, -0.2) is 0 Å². The molecule has 1 unspecified atom stereocenters. The van der Waals surface area contributed by atoms with E-state index in [9.17, 15) is 0 Å². The number of rotatable bonds is 4. The largest absolute Gasteiger partial charge is 0.324 e. The maximum Gasteiger partial charge on any atom is 0.0254 e. The predicted octanol–water partition coefficient (Wildman–Crippen LogP) is 2.95. The lowest BCUT2D eigenvalue weighted by atomic mass is 9.96. The van der Waals surface area contributed by atoms with Gasteiger partial charge in [-0.15, -0.1) is 0 Å². The fraction of sp³-hybridized carbons (Fsp3) is 0.625. The van der Waals surface area contributed by atoms with E-state index in [2.05, 4.69) is 43.0 Å². The first-order valence-electron chi connectivity index (χ1n) is 7.19. The first kappa shape index (κ1) is 13.6. The molecule has 100 valence electrons. The smallest absolute Gasteiger partial charge is 0.0254 e. The molecular weight excluding hydrogens is 220 g/mol. The van der Waals surface area contributed by atoms with E-state index < -0.39 is 0 Å². The van der Waals surface area contributed by atoms with Crippen molar-refractivity contribution in [2.24, 2.45) is 5.73 Å². The van der Waals surface area contributed by atoms with Gasteiger partial charge in [0.1, 0.15) is 0 Å². The molecule has 0 spiro atoms. The van der Waals surface area contributed by atoms with Crippen LogP contribution in [0.5, 0.6) is 0 Å². The summed E-state index contributed by atoms with van der Waals surface area (Å²) in [7, 11) is 0. The van der Waals surface area contributed by atoms with E-state index in [-0.39, 0.29) is 5.54 Å². The van der Waals surface area contributed by atoms with Crippen LogP contribution in [-0.2, 0) is 13.0 Å². The van der Waals surface area contributed by atoms with Crippen molar-refractivity contribution in [3.63, 3.8) is 0 Å². The lowest BCUT2D eigenvalue weighted by molar-refractivity contribution is 0.204. The highest BCUT2D eigenvalue weighted by molar-refractivity contribution is 5.28. The summed E-state index contributed by atoms with van der Waals surface area (Å²) in [6.45, 7) is 7.64. The van der Waals surface area contributed by atoms with Crippen molar-refractivity contribution in [1.29, 1.82) is 0 Å². The van der Waals surface area contributed by atoms with Gasteiger partial charge in [0, 0.05) is 18.6 Å². The Morgan fingerprint density at radius 2 is 2.00 bits per heavy atom. The zero-order valence-electron chi connectivity index (χ0n) is 11.8. The van der Waals surface area contributed by atoms with Crippen LogP contribution in [0.2, 0.25) is 0 Å². The maximum atomic E-state index is 6.39.